The number of nitrogens with zero attached hydrogens (tertiary/aromatic N) is 1. The summed E-state index contributed by atoms with van der Waals surface area (Å²) in [5.41, 5.74) is 4.38. The lowest BCUT2D eigenvalue weighted by atomic mass is 9.98. The highest BCUT2D eigenvalue weighted by Crippen LogP contribution is 2.44. The van der Waals surface area contributed by atoms with Crippen LogP contribution < -0.4 is 5.32 Å². The van der Waals surface area contributed by atoms with Crippen LogP contribution in [0.5, 0.6) is 0 Å². The molecule has 30 heavy (non-hydrogen) atoms. The third-order valence-electron chi connectivity index (χ3n) is 4.95. The minimum atomic E-state index is -1.21. The highest BCUT2D eigenvalue weighted by atomic mass is 35.5. The van der Waals surface area contributed by atoms with Gasteiger partial charge in [0.15, 0.2) is 4.47 Å². The van der Waals surface area contributed by atoms with Gasteiger partial charge in [-0.1, -0.05) is 71.7 Å². The van der Waals surface area contributed by atoms with Crippen LogP contribution in [0.4, 0.5) is 4.79 Å². The molecule has 1 aliphatic carbocycles. The summed E-state index contributed by atoms with van der Waals surface area (Å²) >= 11 is 12.8. The molecule has 0 spiro atoms. The van der Waals surface area contributed by atoms with Crippen molar-refractivity contribution in [1.29, 1.82) is 0 Å². The summed E-state index contributed by atoms with van der Waals surface area (Å²) < 4.78 is 5.62. The number of alkyl carbamates (subject to hydrolysis) is 1. The zero-order valence-corrected chi connectivity index (χ0v) is 17.8. The molecule has 0 fully saturated rings. The van der Waals surface area contributed by atoms with Crippen molar-refractivity contribution in [3.63, 3.8) is 0 Å². The number of carbonyl (C=O) groups is 2. The number of halogens is 2. The van der Waals surface area contributed by atoms with Crippen LogP contribution in [0.1, 0.15) is 21.9 Å². The topological polar surface area (TPSA) is 88.5 Å². The molecule has 6 nitrogen and oxygen atoms in total. The Hall–Kier alpha value is -2.61. The van der Waals surface area contributed by atoms with Gasteiger partial charge in [-0.05, 0) is 22.3 Å². The van der Waals surface area contributed by atoms with Gasteiger partial charge in [0, 0.05) is 17.2 Å². The molecular weight excluding hydrogens is 447 g/mol. The molecule has 3 aromatic rings. The molecule has 1 atom stereocenters. The monoisotopic (exact) mass is 462 g/mol. The average Bonchev–Trinajstić information content (AvgIpc) is 3.22. The van der Waals surface area contributed by atoms with E-state index in [4.69, 9.17) is 27.9 Å². The number of thiazole rings is 1. The number of carboxylic acid groups (broad SMARTS) is 1. The number of amides is 1. The Kier molecular flexibility index (Phi) is 5.94. The summed E-state index contributed by atoms with van der Waals surface area (Å²) in [7, 11) is 0. The van der Waals surface area contributed by atoms with Gasteiger partial charge in [0.25, 0.3) is 0 Å². The van der Waals surface area contributed by atoms with Crippen molar-refractivity contribution in [2.75, 3.05) is 6.61 Å². The first kappa shape index (κ1) is 20.7. The fourth-order valence-electron chi connectivity index (χ4n) is 3.60. The van der Waals surface area contributed by atoms with Crippen molar-refractivity contribution in [2.24, 2.45) is 0 Å². The number of ether oxygens (including phenoxy) is 1. The minimum Gasteiger partial charge on any atom is -0.480 e. The first-order chi connectivity index (χ1) is 14.4. The highest BCUT2D eigenvalue weighted by Gasteiger charge is 2.30. The lowest BCUT2D eigenvalue weighted by molar-refractivity contribution is -0.139. The molecule has 9 heteroatoms. The van der Waals surface area contributed by atoms with E-state index >= 15 is 0 Å². The molecule has 1 unspecified atom stereocenters. The van der Waals surface area contributed by atoms with E-state index in [9.17, 15) is 14.7 Å². The Bertz CT molecular complexity index is 1070. The van der Waals surface area contributed by atoms with Crippen molar-refractivity contribution < 1.29 is 19.4 Å². The maximum absolute atomic E-state index is 12.4. The van der Waals surface area contributed by atoms with Gasteiger partial charge in [0.05, 0.1) is 0 Å². The Morgan fingerprint density at radius 3 is 2.23 bits per heavy atom. The number of rotatable bonds is 6. The second kappa shape index (κ2) is 8.63. The molecule has 0 bridgehead atoms. The van der Waals surface area contributed by atoms with E-state index < -0.39 is 18.1 Å². The Morgan fingerprint density at radius 1 is 1.10 bits per heavy atom. The second-order valence-corrected chi connectivity index (χ2v) is 8.77. The van der Waals surface area contributed by atoms with Crippen molar-refractivity contribution in [1.82, 2.24) is 10.3 Å². The van der Waals surface area contributed by atoms with Gasteiger partial charge in [0.2, 0.25) is 0 Å². The van der Waals surface area contributed by atoms with E-state index in [2.05, 4.69) is 10.3 Å². The van der Waals surface area contributed by atoms with E-state index in [1.54, 1.807) is 0 Å². The van der Waals surface area contributed by atoms with Gasteiger partial charge in [-0.25, -0.2) is 14.6 Å². The quantitative estimate of drug-likeness (QED) is 0.538. The van der Waals surface area contributed by atoms with Crippen molar-refractivity contribution in [2.45, 2.75) is 18.4 Å². The SMILES string of the molecule is O=C(NC(Cc1sc(Cl)nc1Cl)C(=O)O)OCC1c2ccccc2-c2ccccc21. The molecule has 0 radical (unpaired) electrons. The fraction of sp³-hybridized carbons (Fsp3) is 0.190. The van der Waals surface area contributed by atoms with Crippen LogP contribution >= 0.6 is 34.5 Å². The van der Waals surface area contributed by atoms with Gasteiger partial charge in [-0.2, -0.15) is 0 Å². The van der Waals surface area contributed by atoms with E-state index in [1.165, 1.54) is 0 Å². The van der Waals surface area contributed by atoms with Crippen LogP contribution in [0.2, 0.25) is 9.62 Å². The summed E-state index contributed by atoms with van der Waals surface area (Å²) in [5.74, 6) is -1.31. The van der Waals surface area contributed by atoms with Crippen LogP contribution in [0, 0.1) is 0 Å². The second-order valence-electron chi connectivity index (χ2n) is 6.75. The first-order valence-electron chi connectivity index (χ1n) is 9.09. The summed E-state index contributed by atoms with van der Waals surface area (Å²) in [6.07, 6.45) is -0.848. The van der Waals surface area contributed by atoms with E-state index in [-0.39, 0.29) is 28.6 Å². The first-order valence-corrected chi connectivity index (χ1v) is 10.7. The van der Waals surface area contributed by atoms with Crippen LogP contribution in [0.15, 0.2) is 48.5 Å². The largest absolute Gasteiger partial charge is 0.480 e. The molecule has 2 aromatic carbocycles. The standard InChI is InChI=1S/C21H16Cl2N2O4S/c22-18-17(30-20(23)25-18)9-16(19(26)27)24-21(28)29-10-15-13-7-3-1-5-11(13)12-6-2-4-8-14(12)15/h1-8,15-16H,9-10H2,(H,24,28)(H,26,27). The van der Waals surface area contributed by atoms with Crippen LogP contribution in [-0.4, -0.2) is 34.8 Å². The van der Waals surface area contributed by atoms with Gasteiger partial charge >= 0.3 is 12.1 Å². The maximum Gasteiger partial charge on any atom is 0.407 e. The third-order valence-corrected chi connectivity index (χ3v) is 6.55. The third kappa shape index (κ3) is 4.14. The molecule has 1 heterocycles. The number of benzene rings is 2. The van der Waals surface area contributed by atoms with Gasteiger partial charge in [0.1, 0.15) is 17.8 Å². The van der Waals surface area contributed by atoms with Crippen LogP contribution in [-0.2, 0) is 16.0 Å². The number of nitrogens with one attached hydrogen (secondary N) is 1. The summed E-state index contributed by atoms with van der Waals surface area (Å²) in [6.45, 7) is 0.0966. The number of aliphatic carboxylic acids is 1. The van der Waals surface area contributed by atoms with Crippen molar-refractivity contribution >= 4 is 46.6 Å². The zero-order chi connectivity index (χ0) is 21.3. The van der Waals surface area contributed by atoms with Crippen LogP contribution in [0.3, 0.4) is 0 Å². The molecule has 0 aliphatic heterocycles. The zero-order valence-electron chi connectivity index (χ0n) is 15.5. The molecule has 1 amide bonds. The minimum absolute atomic E-state index is 0.0389. The van der Waals surface area contributed by atoms with E-state index in [0.29, 0.717) is 4.88 Å². The average molecular weight is 463 g/mol. The molecule has 0 saturated heterocycles. The van der Waals surface area contributed by atoms with E-state index in [0.717, 1.165) is 33.6 Å². The Labute approximate surface area is 186 Å². The number of aromatic nitrogens is 1. The van der Waals surface area contributed by atoms with Gasteiger partial charge in [-0.15, -0.1) is 11.3 Å². The van der Waals surface area contributed by atoms with Gasteiger partial charge < -0.3 is 15.2 Å². The Balaban J connectivity index is 1.44. The molecule has 1 aromatic heterocycles. The lowest BCUT2D eigenvalue weighted by Crippen LogP contribution is -2.42. The number of carbonyl (C=O) groups excluding carboxylic acids is 1. The predicted molar refractivity (Wildman–Crippen MR) is 115 cm³/mol. The lowest BCUT2D eigenvalue weighted by Gasteiger charge is -2.17. The predicted octanol–water partition coefficient (Wildman–Crippen LogP) is 4.98. The molecular formula is C21H16Cl2N2O4S. The fourth-order valence-corrected chi connectivity index (χ4v) is 5.05. The molecule has 1 aliphatic rings. The number of hydrogen-bond acceptors (Lipinski definition) is 5. The molecule has 2 N–H and O–H groups in total. The van der Waals surface area contributed by atoms with Crippen LogP contribution in [0.25, 0.3) is 11.1 Å². The Morgan fingerprint density at radius 2 is 1.70 bits per heavy atom. The van der Waals surface area contributed by atoms with E-state index in [1.807, 2.05) is 48.5 Å². The smallest absolute Gasteiger partial charge is 0.407 e. The summed E-state index contributed by atoms with van der Waals surface area (Å²) in [6, 6.07) is 14.7. The highest BCUT2D eigenvalue weighted by molar-refractivity contribution is 7.16. The number of fused-ring (bicyclic) bond motifs is 3. The molecule has 0 saturated carbocycles. The molecule has 4 rings (SSSR count). The summed E-state index contributed by atoms with van der Waals surface area (Å²) in [4.78, 5) is 28.3. The number of hydrogen-bond donors (Lipinski definition) is 2. The number of carboxylic acids is 1. The normalized spacial score (nSPS) is 13.4. The van der Waals surface area contributed by atoms with Gasteiger partial charge in [-0.3, -0.25) is 0 Å². The maximum atomic E-state index is 12.4. The molecule has 154 valence electrons. The summed E-state index contributed by atoms with van der Waals surface area (Å²) in [5, 5.41) is 12.0. The van der Waals surface area contributed by atoms with Crippen molar-refractivity contribution in [3.8, 4) is 11.1 Å². The van der Waals surface area contributed by atoms with Crippen molar-refractivity contribution in [3.05, 3.63) is 74.2 Å².